The molecule has 0 aliphatic heterocycles. The molecule has 2 N–H and O–H groups in total. The molecule has 1 aromatic carbocycles. The Bertz CT molecular complexity index is 528. The minimum absolute atomic E-state index is 0.190. The summed E-state index contributed by atoms with van der Waals surface area (Å²) < 4.78 is 0. The van der Waals surface area contributed by atoms with Crippen molar-refractivity contribution in [1.82, 2.24) is 0 Å². The van der Waals surface area contributed by atoms with Gasteiger partial charge in [-0.05, 0) is 60.6 Å². The van der Waals surface area contributed by atoms with Gasteiger partial charge >= 0.3 is 0 Å². The molecule has 1 saturated carbocycles. The van der Waals surface area contributed by atoms with Gasteiger partial charge in [-0.15, -0.1) is 11.3 Å². The average Bonchev–Trinajstić information content (AvgIpc) is 2.90. The Balaban J connectivity index is 1.54. The summed E-state index contributed by atoms with van der Waals surface area (Å²) in [7, 11) is 0. The number of rotatable bonds is 6. The standard InChI is InChI=1S/C18H23NS/c19-18(11-3-9-17-10-4-12-20-17)16-8-2-7-15(13-16)14-5-1-6-14/h2,4,7-8,10,12-14,18H,1,3,5-6,9,11,19H2. The van der Waals surface area contributed by atoms with Crippen molar-refractivity contribution in [3.8, 4) is 0 Å². The summed E-state index contributed by atoms with van der Waals surface area (Å²) in [5.41, 5.74) is 9.19. The van der Waals surface area contributed by atoms with Crippen molar-refractivity contribution in [2.75, 3.05) is 0 Å². The van der Waals surface area contributed by atoms with Gasteiger partial charge in [0.05, 0.1) is 0 Å². The third-order valence-electron chi connectivity index (χ3n) is 4.43. The summed E-state index contributed by atoms with van der Waals surface area (Å²) in [5, 5.41) is 2.15. The summed E-state index contributed by atoms with van der Waals surface area (Å²) in [6.07, 6.45) is 7.52. The number of thiophene rings is 1. The zero-order chi connectivity index (χ0) is 13.8. The summed E-state index contributed by atoms with van der Waals surface area (Å²) >= 11 is 1.85. The summed E-state index contributed by atoms with van der Waals surface area (Å²) in [6.45, 7) is 0. The average molecular weight is 285 g/mol. The molecule has 1 nitrogen and oxygen atoms in total. The van der Waals surface area contributed by atoms with E-state index < -0.39 is 0 Å². The molecule has 1 aliphatic rings. The van der Waals surface area contributed by atoms with E-state index in [1.807, 2.05) is 11.3 Å². The number of hydrogen-bond donors (Lipinski definition) is 1. The smallest absolute Gasteiger partial charge is 0.0295 e. The van der Waals surface area contributed by atoms with Gasteiger partial charge in [0.2, 0.25) is 0 Å². The second kappa shape index (κ2) is 6.55. The third kappa shape index (κ3) is 3.31. The van der Waals surface area contributed by atoms with Crippen molar-refractivity contribution < 1.29 is 0 Å². The van der Waals surface area contributed by atoms with Gasteiger partial charge in [0.25, 0.3) is 0 Å². The Morgan fingerprint density at radius 1 is 1.20 bits per heavy atom. The number of aryl methyl sites for hydroxylation is 1. The fourth-order valence-corrected chi connectivity index (χ4v) is 3.65. The molecule has 1 heterocycles. The van der Waals surface area contributed by atoms with Gasteiger partial charge in [0.1, 0.15) is 0 Å². The van der Waals surface area contributed by atoms with Crippen molar-refractivity contribution in [2.24, 2.45) is 5.73 Å². The molecular weight excluding hydrogens is 262 g/mol. The van der Waals surface area contributed by atoms with Crippen LogP contribution in [-0.4, -0.2) is 0 Å². The van der Waals surface area contributed by atoms with E-state index in [0.717, 1.165) is 18.8 Å². The molecular formula is C18H23NS. The predicted molar refractivity (Wildman–Crippen MR) is 87.2 cm³/mol. The molecule has 0 radical (unpaired) electrons. The molecule has 0 saturated heterocycles. The van der Waals surface area contributed by atoms with E-state index >= 15 is 0 Å². The third-order valence-corrected chi connectivity index (χ3v) is 5.37. The van der Waals surface area contributed by atoms with Gasteiger partial charge in [0.15, 0.2) is 0 Å². The first-order valence-electron chi connectivity index (χ1n) is 7.71. The van der Waals surface area contributed by atoms with Crippen LogP contribution in [0.15, 0.2) is 41.8 Å². The van der Waals surface area contributed by atoms with Crippen molar-refractivity contribution in [3.05, 3.63) is 57.8 Å². The molecule has 1 atom stereocenters. The number of nitrogens with two attached hydrogens (primary N) is 1. The molecule has 1 unspecified atom stereocenters. The number of benzene rings is 1. The van der Waals surface area contributed by atoms with Crippen LogP contribution in [0.25, 0.3) is 0 Å². The largest absolute Gasteiger partial charge is 0.324 e. The summed E-state index contributed by atoms with van der Waals surface area (Å²) in [4.78, 5) is 1.47. The maximum absolute atomic E-state index is 6.37. The molecule has 0 bridgehead atoms. The normalized spacial score (nSPS) is 16.9. The first-order chi connectivity index (χ1) is 9.83. The van der Waals surface area contributed by atoms with E-state index in [0.29, 0.717) is 0 Å². The van der Waals surface area contributed by atoms with Crippen LogP contribution in [0.5, 0.6) is 0 Å². The SMILES string of the molecule is NC(CCCc1cccs1)c1cccc(C2CCC2)c1. The van der Waals surface area contributed by atoms with Crippen LogP contribution < -0.4 is 5.73 Å². The Morgan fingerprint density at radius 2 is 2.10 bits per heavy atom. The van der Waals surface area contributed by atoms with Crippen molar-refractivity contribution in [1.29, 1.82) is 0 Å². The highest BCUT2D eigenvalue weighted by molar-refractivity contribution is 7.09. The minimum Gasteiger partial charge on any atom is -0.324 e. The maximum Gasteiger partial charge on any atom is 0.0295 e. The molecule has 0 spiro atoms. The van der Waals surface area contributed by atoms with E-state index in [9.17, 15) is 0 Å². The van der Waals surface area contributed by atoms with Crippen LogP contribution in [-0.2, 0) is 6.42 Å². The highest BCUT2D eigenvalue weighted by atomic mass is 32.1. The van der Waals surface area contributed by atoms with Crippen molar-refractivity contribution in [2.45, 2.75) is 50.5 Å². The lowest BCUT2D eigenvalue weighted by molar-refractivity contribution is 0.419. The lowest BCUT2D eigenvalue weighted by Crippen LogP contribution is -2.13. The zero-order valence-corrected chi connectivity index (χ0v) is 12.7. The molecule has 106 valence electrons. The van der Waals surface area contributed by atoms with Crippen LogP contribution in [0.2, 0.25) is 0 Å². The number of hydrogen-bond acceptors (Lipinski definition) is 2. The summed E-state index contributed by atoms with van der Waals surface area (Å²) in [5.74, 6) is 0.799. The highest BCUT2D eigenvalue weighted by Gasteiger charge is 2.20. The van der Waals surface area contributed by atoms with E-state index in [2.05, 4.69) is 41.8 Å². The van der Waals surface area contributed by atoms with E-state index in [1.165, 1.54) is 41.7 Å². The maximum atomic E-state index is 6.37. The molecule has 1 aliphatic carbocycles. The molecule has 20 heavy (non-hydrogen) atoms. The zero-order valence-electron chi connectivity index (χ0n) is 11.9. The second-order valence-electron chi connectivity index (χ2n) is 5.88. The molecule has 1 fully saturated rings. The van der Waals surface area contributed by atoms with Gasteiger partial charge in [-0.2, -0.15) is 0 Å². The minimum atomic E-state index is 0.190. The lowest BCUT2D eigenvalue weighted by atomic mass is 9.79. The fourth-order valence-electron chi connectivity index (χ4n) is 2.90. The van der Waals surface area contributed by atoms with Crippen LogP contribution in [0.1, 0.15) is 60.1 Å². The molecule has 3 rings (SSSR count). The van der Waals surface area contributed by atoms with Crippen LogP contribution in [0, 0.1) is 0 Å². The Labute approximate surface area is 125 Å². The Morgan fingerprint density at radius 3 is 2.80 bits per heavy atom. The van der Waals surface area contributed by atoms with Crippen molar-refractivity contribution in [3.63, 3.8) is 0 Å². The monoisotopic (exact) mass is 285 g/mol. The Kier molecular flexibility index (Phi) is 4.54. The highest BCUT2D eigenvalue weighted by Crippen LogP contribution is 2.37. The molecule has 2 aromatic rings. The van der Waals surface area contributed by atoms with Crippen LogP contribution in [0.3, 0.4) is 0 Å². The van der Waals surface area contributed by atoms with Gasteiger partial charge < -0.3 is 5.73 Å². The summed E-state index contributed by atoms with van der Waals surface area (Å²) in [6, 6.07) is 13.5. The van der Waals surface area contributed by atoms with E-state index in [4.69, 9.17) is 5.73 Å². The van der Waals surface area contributed by atoms with Crippen LogP contribution in [0.4, 0.5) is 0 Å². The van der Waals surface area contributed by atoms with Gasteiger partial charge in [-0.3, -0.25) is 0 Å². The molecule has 2 heteroatoms. The molecule has 0 amide bonds. The fraction of sp³-hybridized carbons (Fsp3) is 0.444. The Hall–Kier alpha value is -1.12. The first kappa shape index (κ1) is 13.8. The topological polar surface area (TPSA) is 26.0 Å². The van der Waals surface area contributed by atoms with Crippen LogP contribution >= 0.6 is 11.3 Å². The van der Waals surface area contributed by atoms with E-state index in [-0.39, 0.29) is 6.04 Å². The quantitative estimate of drug-likeness (QED) is 0.790. The predicted octanol–water partition coefficient (Wildman–Crippen LogP) is 5.04. The lowest BCUT2D eigenvalue weighted by Gasteiger charge is -2.26. The van der Waals surface area contributed by atoms with Crippen molar-refractivity contribution >= 4 is 11.3 Å². The molecule has 1 aromatic heterocycles. The second-order valence-corrected chi connectivity index (χ2v) is 6.91. The van der Waals surface area contributed by atoms with Gasteiger partial charge in [0, 0.05) is 10.9 Å². The van der Waals surface area contributed by atoms with Gasteiger partial charge in [-0.1, -0.05) is 36.8 Å². The van der Waals surface area contributed by atoms with E-state index in [1.54, 1.807) is 0 Å². The first-order valence-corrected chi connectivity index (χ1v) is 8.59. The van der Waals surface area contributed by atoms with Gasteiger partial charge in [-0.25, -0.2) is 0 Å².